The van der Waals surface area contributed by atoms with Crippen LogP contribution in [-0.4, -0.2) is 15.4 Å². The number of halogens is 1. The number of fused-ring (bicyclic) bond motifs is 1. The molecule has 0 bridgehead atoms. The topological polar surface area (TPSA) is 86.5 Å². The van der Waals surface area contributed by atoms with Crippen molar-refractivity contribution in [3.63, 3.8) is 0 Å². The fraction of sp³-hybridized carbons (Fsp3) is 0. The van der Waals surface area contributed by atoms with E-state index >= 15 is 0 Å². The third-order valence-corrected chi connectivity index (χ3v) is 2.03. The van der Waals surface area contributed by atoms with E-state index in [1.807, 2.05) is 5.16 Å². The second kappa shape index (κ2) is 2.43. The maximum absolute atomic E-state index is 11.0. The summed E-state index contributed by atoms with van der Waals surface area (Å²) < 4.78 is 4.67. The normalized spacial score (nSPS) is 10.8. The number of hydrogen-bond acceptors (Lipinski definition) is 4. The van der Waals surface area contributed by atoms with Gasteiger partial charge in [-0.05, 0) is 0 Å². The van der Waals surface area contributed by atoms with Crippen LogP contribution in [0.15, 0.2) is 15.4 Å². The number of phenolic OH excluding ortho intramolecular Hbond substituents is 2. The van der Waals surface area contributed by atoms with Crippen LogP contribution < -0.4 is 5.56 Å². The zero-order valence-electron chi connectivity index (χ0n) is 6.17. The maximum Gasteiger partial charge on any atom is 0.289 e. The van der Waals surface area contributed by atoms with Crippen molar-refractivity contribution in [2.45, 2.75) is 0 Å². The number of rotatable bonds is 0. The summed E-state index contributed by atoms with van der Waals surface area (Å²) in [6.45, 7) is 0. The van der Waals surface area contributed by atoms with Crippen LogP contribution in [0.1, 0.15) is 0 Å². The number of H-pyrrole nitrogens is 1. The van der Waals surface area contributed by atoms with Gasteiger partial charge in [0.2, 0.25) is 0 Å². The fourth-order valence-electron chi connectivity index (χ4n) is 1.05. The van der Waals surface area contributed by atoms with Gasteiger partial charge in [-0.25, -0.2) is 0 Å². The van der Waals surface area contributed by atoms with Gasteiger partial charge in [-0.2, -0.15) is 5.16 Å². The summed E-state index contributed by atoms with van der Waals surface area (Å²) >= 11 is 5.59. The van der Waals surface area contributed by atoms with Crippen molar-refractivity contribution in [3.05, 3.63) is 21.4 Å². The van der Waals surface area contributed by atoms with Crippen molar-refractivity contribution in [1.29, 1.82) is 0 Å². The molecule has 68 valence electrons. The number of benzene rings is 1. The quantitative estimate of drug-likeness (QED) is 0.559. The molecule has 0 fully saturated rings. The van der Waals surface area contributed by atoms with Crippen LogP contribution >= 0.6 is 11.6 Å². The molecule has 6 heteroatoms. The molecule has 0 aliphatic rings. The van der Waals surface area contributed by atoms with Crippen molar-refractivity contribution in [2.24, 2.45) is 0 Å². The molecule has 1 aromatic heterocycles. The van der Waals surface area contributed by atoms with E-state index in [0.717, 1.165) is 6.07 Å². The predicted octanol–water partition coefficient (Wildman–Crippen LogP) is 1.19. The molecular formula is C7H4ClNO4. The van der Waals surface area contributed by atoms with E-state index in [9.17, 15) is 9.90 Å². The average molecular weight is 202 g/mol. The fourth-order valence-corrected chi connectivity index (χ4v) is 1.32. The Morgan fingerprint density at radius 2 is 2.15 bits per heavy atom. The molecule has 0 amide bonds. The Bertz CT molecular complexity index is 527. The number of nitrogens with one attached hydrogen (secondary N) is 1. The first-order valence-electron chi connectivity index (χ1n) is 3.33. The largest absolute Gasteiger partial charge is 0.504 e. The van der Waals surface area contributed by atoms with Crippen LogP contribution in [0.25, 0.3) is 11.0 Å². The molecule has 0 unspecified atom stereocenters. The van der Waals surface area contributed by atoms with E-state index < -0.39 is 17.1 Å². The van der Waals surface area contributed by atoms with Crippen molar-refractivity contribution >= 4 is 22.6 Å². The lowest BCUT2D eigenvalue weighted by Crippen LogP contribution is -1.97. The summed E-state index contributed by atoms with van der Waals surface area (Å²) in [5, 5.41) is 20.1. The van der Waals surface area contributed by atoms with E-state index in [0.29, 0.717) is 0 Å². The van der Waals surface area contributed by atoms with Crippen LogP contribution in [0.3, 0.4) is 0 Å². The predicted molar refractivity (Wildman–Crippen MR) is 45.2 cm³/mol. The SMILES string of the molecule is O=c1[nH]oc2cc(O)c(O)c(Cl)c12. The lowest BCUT2D eigenvalue weighted by Gasteiger charge is -1.98. The molecule has 0 spiro atoms. The molecule has 0 aliphatic heterocycles. The minimum Gasteiger partial charge on any atom is -0.504 e. The van der Waals surface area contributed by atoms with Gasteiger partial charge in [0, 0.05) is 6.07 Å². The molecule has 13 heavy (non-hydrogen) atoms. The first-order valence-corrected chi connectivity index (χ1v) is 3.70. The number of hydrogen-bond donors (Lipinski definition) is 3. The van der Waals surface area contributed by atoms with Gasteiger partial charge in [0.05, 0.1) is 0 Å². The minimum atomic E-state index is -0.546. The van der Waals surface area contributed by atoms with E-state index in [-0.39, 0.29) is 16.0 Å². The van der Waals surface area contributed by atoms with Gasteiger partial charge in [-0.15, -0.1) is 0 Å². The Hall–Kier alpha value is -1.62. The van der Waals surface area contributed by atoms with Crippen molar-refractivity contribution in [2.75, 3.05) is 0 Å². The molecular weight excluding hydrogens is 198 g/mol. The standard InChI is InChI=1S/C7H4ClNO4/c8-5-4-3(13-9-7(4)12)1-2(10)6(5)11/h1,10-11H,(H,9,12). The highest BCUT2D eigenvalue weighted by atomic mass is 35.5. The number of aromatic amines is 1. The maximum atomic E-state index is 11.0. The molecule has 0 aliphatic carbocycles. The number of aromatic nitrogens is 1. The van der Waals surface area contributed by atoms with Gasteiger partial charge in [-0.1, -0.05) is 11.6 Å². The third-order valence-electron chi connectivity index (χ3n) is 1.66. The van der Waals surface area contributed by atoms with Gasteiger partial charge in [0.15, 0.2) is 17.1 Å². The van der Waals surface area contributed by atoms with E-state index in [2.05, 4.69) is 4.52 Å². The zero-order chi connectivity index (χ0) is 9.59. The summed E-state index contributed by atoms with van der Waals surface area (Å²) in [5.74, 6) is -0.957. The van der Waals surface area contributed by atoms with Crippen molar-refractivity contribution < 1.29 is 14.7 Å². The second-order valence-corrected chi connectivity index (χ2v) is 2.84. The van der Waals surface area contributed by atoms with Crippen LogP contribution in [0.4, 0.5) is 0 Å². The Balaban J connectivity index is 3.06. The van der Waals surface area contributed by atoms with Crippen molar-refractivity contribution in [3.8, 4) is 11.5 Å². The third kappa shape index (κ3) is 0.972. The molecule has 0 saturated heterocycles. The zero-order valence-corrected chi connectivity index (χ0v) is 6.92. The molecule has 1 heterocycles. The van der Waals surface area contributed by atoms with Crippen molar-refractivity contribution in [1.82, 2.24) is 5.16 Å². The van der Waals surface area contributed by atoms with Crippen LogP contribution in [0, 0.1) is 0 Å². The number of aromatic hydroxyl groups is 2. The molecule has 1 aromatic carbocycles. The van der Waals surface area contributed by atoms with Gasteiger partial charge < -0.3 is 14.7 Å². The smallest absolute Gasteiger partial charge is 0.289 e. The van der Waals surface area contributed by atoms with Gasteiger partial charge in [0.25, 0.3) is 5.56 Å². The average Bonchev–Trinajstić information content (AvgIpc) is 2.43. The summed E-state index contributed by atoms with van der Waals surface area (Å²) in [6.07, 6.45) is 0. The van der Waals surface area contributed by atoms with Gasteiger partial charge >= 0.3 is 0 Å². The lowest BCUT2D eigenvalue weighted by atomic mass is 10.2. The Labute approximate surface area is 76.1 Å². The summed E-state index contributed by atoms with van der Waals surface area (Å²) in [6, 6.07) is 1.11. The Kier molecular flexibility index (Phi) is 1.50. The molecule has 2 rings (SSSR count). The molecule has 0 saturated carbocycles. The highest BCUT2D eigenvalue weighted by Gasteiger charge is 2.15. The van der Waals surface area contributed by atoms with Crippen LogP contribution in [0.2, 0.25) is 5.02 Å². The van der Waals surface area contributed by atoms with E-state index in [1.165, 1.54) is 0 Å². The van der Waals surface area contributed by atoms with Gasteiger partial charge in [0.1, 0.15) is 10.4 Å². The summed E-state index contributed by atoms with van der Waals surface area (Å²) in [7, 11) is 0. The molecule has 0 radical (unpaired) electrons. The lowest BCUT2D eigenvalue weighted by molar-refractivity contribution is 0.402. The minimum absolute atomic E-state index is 0.0250. The highest BCUT2D eigenvalue weighted by molar-refractivity contribution is 6.37. The summed E-state index contributed by atoms with van der Waals surface area (Å²) in [4.78, 5) is 11.0. The van der Waals surface area contributed by atoms with E-state index in [1.54, 1.807) is 0 Å². The monoisotopic (exact) mass is 201 g/mol. The second-order valence-electron chi connectivity index (χ2n) is 2.46. The van der Waals surface area contributed by atoms with Gasteiger partial charge in [-0.3, -0.25) is 4.79 Å². The first kappa shape index (κ1) is 8.00. The molecule has 0 atom stereocenters. The Morgan fingerprint density at radius 1 is 1.46 bits per heavy atom. The Morgan fingerprint density at radius 3 is 2.85 bits per heavy atom. The number of phenols is 2. The summed E-state index contributed by atoms with van der Waals surface area (Å²) in [5.41, 5.74) is -0.444. The van der Waals surface area contributed by atoms with Crippen LogP contribution in [-0.2, 0) is 0 Å². The molecule has 3 N–H and O–H groups in total. The molecule has 5 nitrogen and oxygen atoms in total. The molecule has 2 aromatic rings. The van der Waals surface area contributed by atoms with Crippen LogP contribution in [0.5, 0.6) is 11.5 Å². The van der Waals surface area contributed by atoms with E-state index in [4.69, 9.17) is 16.7 Å². The highest BCUT2D eigenvalue weighted by Crippen LogP contribution is 2.37. The first-order chi connectivity index (χ1) is 6.11.